The molecule has 0 bridgehead atoms. The molecule has 0 saturated heterocycles. The van der Waals surface area contributed by atoms with Gasteiger partial charge in [-0.25, -0.2) is 0 Å². The molecular weight excluding hydrogens is 266 g/mol. The van der Waals surface area contributed by atoms with Crippen LogP contribution in [-0.4, -0.2) is 17.9 Å². The predicted octanol–water partition coefficient (Wildman–Crippen LogP) is 1.50. The van der Waals surface area contributed by atoms with Crippen LogP contribution in [0.25, 0.3) is 0 Å². The molecule has 0 radical (unpaired) electrons. The first-order valence-corrected chi connectivity index (χ1v) is 6.52. The molecule has 5 N–H and O–H groups in total. The Morgan fingerprint density at radius 1 is 1.32 bits per heavy atom. The van der Waals surface area contributed by atoms with Gasteiger partial charge in [0.15, 0.2) is 0 Å². The highest BCUT2D eigenvalue weighted by Gasteiger charge is 2.30. The number of hydrogen-bond donors (Lipinski definition) is 3. The zero-order chi connectivity index (χ0) is 14.0. The normalized spacial score (nSPS) is 22.2. The van der Waals surface area contributed by atoms with Crippen molar-refractivity contribution < 1.29 is 9.59 Å². The van der Waals surface area contributed by atoms with Crippen LogP contribution < -0.4 is 16.8 Å². The van der Waals surface area contributed by atoms with Gasteiger partial charge in [0.05, 0.1) is 16.5 Å². The standard InChI is InChI=1S/C13H16ClN3O2/c14-10-5-4-7(6-9(10)12(16)18)17-13(19)8-2-1-3-11(8)15/h4-6,8,11H,1-3,15H2,(H2,16,18)(H,17,19). The number of rotatable bonds is 3. The Hall–Kier alpha value is -1.59. The highest BCUT2D eigenvalue weighted by Crippen LogP contribution is 2.26. The van der Waals surface area contributed by atoms with Crippen molar-refractivity contribution in [2.45, 2.75) is 25.3 Å². The summed E-state index contributed by atoms with van der Waals surface area (Å²) in [5.74, 6) is -0.922. The van der Waals surface area contributed by atoms with Gasteiger partial charge in [-0.2, -0.15) is 0 Å². The van der Waals surface area contributed by atoms with Gasteiger partial charge in [0.1, 0.15) is 0 Å². The lowest BCUT2D eigenvalue weighted by atomic mass is 10.0. The Bertz CT molecular complexity index is 519. The number of nitrogens with two attached hydrogens (primary N) is 2. The summed E-state index contributed by atoms with van der Waals surface area (Å²) in [6.07, 6.45) is 2.63. The van der Waals surface area contributed by atoms with Crippen LogP contribution in [0.15, 0.2) is 18.2 Å². The lowest BCUT2D eigenvalue weighted by Crippen LogP contribution is -2.34. The SMILES string of the molecule is NC(=O)c1cc(NC(=O)C2CCCC2N)ccc1Cl. The van der Waals surface area contributed by atoms with Gasteiger partial charge in [-0.05, 0) is 31.0 Å². The monoisotopic (exact) mass is 281 g/mol. The highest BCUT2D eigenvalue weighted by molar-refractivity contribution is 6.34. The number of benzene rings is 1. The molecule has 19 heavy (non-hydrogen) atoms. The molecule has 0 spiro atoms. The Balaban J connectivity index is 2.13. The number of carbonyl (C=O) groups is 2. The lowest BCUT2D eigenvalue weighted by molar-refractivity contribution is -0.120. The van der Waals surface area contributed by atoms with Crippen LogP contribution in [-0.2, 0) is 4.79 Å². The first kappa shape index (κ1) is 13.8. The molecule has 1 aromatic rings. The van der Waals surface area contributed by atoms with E-state index in [9.17, 15) is 9.59 Å². The maximum atomic E-state index is 12.1. The summed E-state index contributed by atoms with van der Waals surface area (Å²) in [7, 11) is 0. The molecule has 2 rings (SSSR count). The average molecular weight is 282 g/mol. The van der Waals surface area contributed by atoms with Crippen molar-refractivity contribution in [2.75, 3.05) is 5.32 Å². The quantitative estimate of drug-likeness (QED) is 0.783. The first-order valence-electron chi connectivity index (χ1n) is 6.15. The maximum absolute atomic E-state index is 12.1. The number of hydrogen-bond acceptors (Lipinski definition) is 3. The Kier molecular flexibility index (Phi) is 4.07. The number of nitrogens with one attached hydrogen (secondary N) is 1. The minimum Gasteiger partial charge on any atom is -0.366 e. The van der Waals surface area contributed by atoms with E-state index in [1.807, 2.05) is 0 Å². The average Bonchev–Trinajstić information content (AvgIpc) is 2.77. The molecule has 0 aromatic heterocycles. The Morgan fingerprint density at radius 2 is 2.05 bits per heavy atom. The number of halogens is 1. The van der Waals surface area contributed by atoms with Crippen molar-refractivity contribution in [2.24, 2.45) is 17.4 Å². The number of anilines is 1. The topological polar surface area (TPSA) is 98.2 Å². The fourth-order valence-electron chi connectivity index (χ4n) is 2.34. The minimum absolute atomic E-state index is 0.0945. The molecule has 102 valence electrons. The van der Waals surface area contributed by atoms with E-state index in [-0.39, 0.29) is 28.5 Å². The molecule has 5 nitrogen and oxygen atoms in total. The molecule has 0 aliphatic heterocycles. The molecule has 1 saturated carbocycles. The van der Waals surface area contributed by atoms with Crippen LogP contribution in [0.1, 0.15) is 29.6 Å². The summed E-state index contributed by atoms with van der Waals surface area (Å²) in [5.41, 5.74) is 11.8. The van der Waals surface area contributed by atoms with Crippen LogP contribution in [0.5, 0.6) is 0 Å². The summed E-state index contributed by atoms with van der Waals surface area (Å²) in [4.78, 5) is 23.2. The van der Waals surface area contributed by atoms with Crippen LogP contribution in [0.4, 0.5) is 5.69 Å². The highest BCUT2D eigenvalue weighted by atomic mass is 35.5. The zero-order valence-electron chi connectivity index (χ0n) is 10.4. The summed E-state index contributed by atoms with van der Waals surface area (Å²) in [5, 5.41) is 3.02. The van der Waals surface area contributed by atoms with Crippen LogP contribution >= 0.6 is 11.6 Å². The molecule has 2 amide bonds. The van der Waals surface area contributed by atoms with E-state index in [0.717, 1.165) is 19.3 Å². The van der Waals surface area contributed by atoms with Gasteiger partial charge in [0.2, 0.25) is 11.8 Å². The Morgan fingerprint density at radius 3 is 2.63 bits per heavy atom. The van der Waals surface area contributed by atoms with E-state index < -0.39 is 5.91 Å². The number of amides is 2. The van der Waals surface area contributed by atoms with E-state index in [2.05, 4.69) is 5.32 Å². The second-order valence-electron chi connectivity index (χ2n) is 4.75. The molecule has 1 aromatic carbocycles. The summed E-state index contributed by atoms with van der Waals surface area (Å²) in [6, 6.07) is 4.55. The van der Waals surface area contributed by atoms with Gasteiger partial charge in [-0.15, -0.1) is 0 Å². The van der Waals surface area contributed by atoms with Crippen molar-refractivity contribution in [3.05, 3.63) is 28.8 Å². The van der Waals surface area contributed by atoms with Crippen molar-refractivity contribution in [3.8, 4) is 0 Å². The molecule has 6 heteroatoms. The minimum atomic E-state index is -0.626. The van der Waals surface area contributed by atoms with E-state index in [1.165, 1.54) is 12.1 Å². The van der Waals surface area contributed by atoms with E-state index in [0.29, 0.717) is 5.69 Å². The van der Waals surface area contributed by atoms with Crippen molar-refractivity contribution in [1.29, 1.82) is 0 Å². The molecule has 2 unspecified atom stereocenters. The maximum Gasteiger partial charge on any atom is 0.250 e. The second-order valence-corrected chi connectivity index (χ2v) is 5.16. The molecule has 1 aliphatic rings. The molecule has 2 atom stereocenters. The second kappa shape index (κ2) is 5.59. The predicted molar refractivity (Wildman–Crippen MR) is 73.9 cm³/mol. The van der Waals surface area contributed by atoms with Crippen molar-refractivity contribution in [1.82, 2.24) is 0 Å². The number of carbonyl (C=O) groups excluding carboxylic acids is 2. The van der Waals surface area contributed by atoms with Gasteiger partial charge >= 0.3 is 0 Å². The fourth-order valence-corrected chi connectivity index (χ4v) is 2.55. The van der Waals surface area contributed by atoms with E-state index >= 15 is 0 Å². The van der Waals surface area contributed by atoms with Crippen molar-refractivity contribution >= 4 is 29.1 Å². The largest absolute Gasteiger partial charge is 0.366 e. The molecule has 0 heterocycles. The van der Waals surface area contributed by atoms with Crippen LogP contribution in [0.2, 0.25) is 5.02 Å². The third-order valence-corrected chi connectivity index (χ3v) is 3.74. The van der Waals surface area contributed by atoms with Crippen LogP contribution in [0, 0.1) is 5.92 Å². The fraction of sp³-hybridized carbons (Fsp3) is 0.385. The summed E-state index contributed by atoms with van der Waals surface area (Å²) >= 11 is 5.84. The van der Waals surface area contributed by atoms with Gasteiger partial charge in [0, 0.05) is 11.7 Å². The van der Waals surface area contributed by atoms with Gasteiger partial charge in [-0.1, -0.05) is 18.0 Å². The third kappa shape index (κ3) is 3.05. The van der Waals surface area contributed by atoms with Crippen LogP contribution in [0.3, 0.4) is 0 Å². The number of primary amides is 1. The summed E-state index contributed by atoms with van der Waals surface area (Å²) < 4.78 is 0. The van der Waals surface area contributed by atoms with Gasteiger partial charge < -0.3 is 16.8 Å². The van der Waals surface area contributed by atoms with Gasteiger partial charge in [0.25, 0.3) is 0 Å². The van der Waals surface area contributed by atoms with Gasteiger partial charge in [-0.3, -0.25) is 9.59 Å². The summed E-state index contributed by atoms with van der Waals surface area (Å²) in [6.45, 7) is 0. The van der Waals surface area contributed by atoms with E-state index in [1.54, 1.807) is 6.07 Å². The smallest absolute Gasteiger partial charge is 0.250 e. The molecular formula is C13H16ClN3O2. The third-order valence-electron chi connectivity index (χ3n) is 3.41. The molecule has 1 aliphatic carbocycles. The van der Waals surface area contributed by atoms with Crippen molar-refractivity contribution in [3.63, 3.8) is 0 Å². The van der Waals surface area contributed by atoms with E-state index in [4.69, 9.17) is 23.1 Å². The Labute approximate surface area is 116 Å². The lowest BCUT2D eigenvalue weighted by Gasteiger charge is -2.15. The molecule has 1 fully saturated rings. The zero-order valence-corrected chi connectivity index (χ0v) is 11.1. The first-order chi connectivity index (χ1) is 8.99.